The fourth-order valence-corrected chi connectivity index (χ4v) is 4.85. The van der Waals surface area contributed by atoms with E-state index >= 15 is 0 Å². The van der Waals surface area contributed by atoms with E-state index in [0.29, 0.717) is 11.7 Å². The molecule has 2 N–H and O–H groups in total. The number of anilines is 2. The predicted octanol–water partition coefficient (Wildman–Crippen LogP) is 3.33. The zero-order valence-corrected chi connectivity index (χ0v) is 19.7. The van der Waals surface area contributed by atoms with Gasteiger partial charge in [0, 0.05) is 50.5 Å². The van der Waals surface area contributed by atoms with Gasteiger partial charge in [0.25, 0.3) is 0 Å². The molecule has 2 aliphatic heterocycles. The van der Waals surface area contributed by atoms with E-state index in [4.69, 9.17) is 9.72 Å². The SMILES string of the molecule is c1ccc(CN2CCC(Nc3ncnc4nc(-c5ccc(N6CCOCC6)nc5)[nH]c34)CC2)cc1. The largest absolute Gasteiger partial charge is 0.378 e. The minimum absolute atomic E-state index is 0.376. The Balaban J connectivity index is 1.12. The van der Waals surface area contributed by atoms with E-state index in [-0.39, 0.29) is 0 Å². The molecule has 0 spiro atoms. The number of nitrogens with one attached hydrogen (secondary N) is 2. The summed E-state index contributed by atoms with van der Waals surface area (Å²) in [5.74, 6) is 2.53. The van der Waals surface area contributed by atoms with Gasteiger partial charge in [0.2, 0.25) is 0 Å². The number of aromatic nitrogens is 5. The van der Waals surface area contributed by atoms with E-state index in [1.807, 2.05) is 12.3 Å². The Bertz CT molecular complexity index is 1250. The monoisotopic (exact) mass is 470 g/mol. The lowest BCUT2D eigenvalue weighted by Crippen LogP contribution is -2.38. The quantitative estimate of drug-likeness (QED) is 0.443. The molecular weight excluding hydrogens is 440 g/mol. The van der Waals surface area contributed by atoms with Gasteiger partial charge in [0.05, 0.1) is 13.2 Å². The molecule has 0 saturated carbocycles. The van der Waals surface area contributed by atoms with Crippen molar-refractivity contribution in [2.24, 2.45) is 0 Å². The third-order valence-corrected chi connectivity index (χ3v) is 6.82. The number of imidazole rings is 1. The van der Waals surface area contributed by atoms with Crippen LogP contribution in [0.5, 0.6) is 0 Å². The number of rotatable bonds is 6. The summed E-state index contributed by atoms with van der Waals surface area (Å²) in [4.78, 5) is 26.5. The van der Waals surface area contributed by atoms with Gasteiger partial charge in [0.1, 0.15) is 23.5 Å². The van der Waals surface area contributed by atoms with Crippen molar-refractivity contribution in [1.29, 1.82) is 0 Å². The van der Waals surface area contributed by atoms with Gasteiger partial charge < -0.3 is 19.9 Å². The minimum atomic E-state index is 0.376. The van der Waals surface area contributed by atoms with Crippen LogP contribution < -0.4 is 10.2 Å². The highest BCUT2D eigenvalue weighted by atomic mass is 16.5. The van der Waals surface area contributed by atoms with E-state index in [0.717, 1.165) is 87.3 Å². The molecule has 3 aromatic heterocycles. The van der Waals surface area contributed by atoms with Crippen molar-refractivity contribution in [3.8, 4) is 11.4 Å². The minimum Gasteiger partial charge on any atom is -0.378 e. The fourth-order valence-electron chi connectivity index (χ4n) is 4.85. The molecule has 180 valence electrons. The Labute approximate surface area is 204 Å². The Kier molecular flexibility index (Phi) is 6.25. The summed E-state index contributed by atoms with van der Waals surface area (Å²) in [6.45, 7) is 6.36. The second kappa shape index (κ2) is 9.97. The maximum Gasteiger partial charge on any atom is 0.183 e. The van der Waals surface area contributed by atoms with Crippen molar-refractivity contribution in [3.63, 3.8) is 0 Å². The van der Waals surface area contributed by atoms with Crippen LogP contribution in [0, 0.1) is 0 Å². The molecule has 1 aromatic carbocycles. The molecule has 2 aliphatic rings. The molecule has 35 heavy (non-hydrogen) atoms. The number of fused-ring (bicyclic) bond motifs is 1. The van der Waals surface area contributed by atoms with Gasteiger partial charge in [-0.1, -0.05) is 30.3 Å². The lowest BCUT2D eigenvalue weighted by molar-refractivity contribution is 0.122. The van der Waals surface area contributed by atoms with Crippen LogP contribution in [0.3, 0.4) is 0 Å². The average molecular weight is 471 g/mol. The van der Waals surface area contributed by atoms with Crippen molar-refractivity contribution < 1.29 is 4.74 Å². The number of nitrogens with zero attached hydrogens (tertiary/aromatic N) is 6. The van der Waals surface area contributed by atoms with Gasteiger partial charge in [-0.15, -0.1) is 0 Å². The molecule has 4 aromatic rings. The molecule has 9 heteroatoms. The highest BCUT2D eigenvalue weighted by Gasteiger charge is 2.21. The summed E-state index contributed by atoms with van der Waals surface area (Å²) >= 11 is 0. The third kappa shape index (κ3) is 4.96. The average Bonchev–Trinajstić information content (AvgIpc) is 3.37. The first-order chi connectivity index (χ1) is 17.3. The van der Waals surface area contributed by atoms with Gasteiger partial charge in [-0.3, -0.25) is 4.90 Å². The Morgan fingerprint density at radius 1 is 0.943 bits per heavy atom. The lowest BCUT2D eigenvalue weighted by Gasteiger charge is -2.32. The van der Waals surface area contributed by atoms with Crippen LogP contribution in [0.1, 0.15) is 18.4 Å². The second-order valence-electron chi connectivity index (χ2n) is 9.19. The van der Waals surface area contributed by atoms with E-state index in [1.54, 1.807) is 6.33 Å². The number of pyridine rings is 1. The molecule has 0 amide bonds. The van der Waals surface area contributed by atoms with Crippen molar-refractivity contribution in [1.82, 2.24) is 29.8 Å². The number of H-pyrrole nitrogens is 1. The first-order valence-corrected chi connectivity index (χ1v) is 12.3. The van der Waals surface area contributed by atoms with Gasteiger partial charge in [-0.05, 0) is 30.5 Å². The summed E-state index contributed by atoms with van der Waals surface area (Å²) < 4.78 is 5.44. The predicted molar refractivity (Wildman–Crippen MR) is 136 cm³/mol. The summed E-state index contributed by atoms with van der Waals surface area (Å²) in [5.41, 5.74) is 3.80. The van der Waals surface area contributed by atoms with Crippen LogP contribution in [0.2, 0.25) is 0 Å². The maximum absolute atomic E-state index is 5.44. The number of morpholine rings is 1. The zero-order chi connectivity index (χ0) is 23.5. The molecule has 0 atom stereocenters. The first-order valence-electron chi connectivity index (χ1n) is 12.3. The molecule has 9 nitrogen and oxygen atoms in total. The normalized spacial score (nSPS) is 17.7. The van der Waals surface area contributed by atoms with Crippen LogP contribution in [0.4, 0.5) is 11.6 Å². The van der Waals surface area contributed by atoms with Crippen molar-refractivity contribution >= 4 is 22.8 Å². The van der Waals surface area contributed by atoms with Crippen molar-refractivity contribution in [2.75, 3.05) is 49.6 Å². The number of piperidine rings is 1. The van der Waals surface area contributed by atoms with E-state index in [9.17, 15) is 0 Å². The molecule has 0 unspecified atom stereocenters. The van der Waals surface area contributed by atoms with Gasteiger partial charge in [-0.2, -0.15) is 0 Å². The molecular formula is C26H30N8O. The van der Waals surface area contributed by atoms with E-state index < -0.39 is 0 Å². The Morgan fingerprint density at radius 2 is 1.77 bits per heavy atom. The number of hydrogen-bond donors (Lipinski definition) is 2. The summed E-state index contributed by atoms with van der Waals surface area (Å²) in [6.07, 6.45) is 5.60. The number of benzene rings is 1. The van der Waals surface area contributed by atoms with Crippen LogP contribution in [0.25, 0.3) is 22.6 Å². The number of likely N-dealkylation sites (tertiary alicyclic amines) is 1. The molecule has 0 radical (unpaired) electrons. The Morgan fingerprint density at radius 3 is 2.54 bits per heavy atom. The van der Waals surface area contributed by atoms with Crippen molar-refractivity contribution in [3.05, 3.63) is 60.6 Å². The topological polar surface area (TPSA) is 95.1 Å². The first kappa shape index (κ1) is 21.9. The standard InChI is InChI=1S/C26H30N8O/c1-2-4-19(5-3-1)17-33-10-8-21(9-11-33)30-25-23-26(29-18-28-25)32-24(31-23)20-6-7-22(27-16-20)34-12-14-35-15-13-34/h1-7,16,18,21H,8-15,17H2,(H2,28,29,30,31,32). The van der Waals surface area contributed by atoms with Gasteiger partial charge >= 0.3 is 0 Å². The summed E-state index contributed by atoms with van der Waals surface area (Å²) in [7, 11) is 0. The second-order valence-corrected chi connectivity index (χ2v) is 9.19. The van der Waals surface area contributed by atoms with Crippen molar-refractivity contribution in [2.45, 2.75) is 25.4 Å². The molecule has 2 saturated heterocycles. The molecule has 0 bridgehead atoms. The lowest BCUT2D eigenvalue weighted by atomic mass is 10.0. The van der Waals surface area contributed by atoms with Crippen LogP contribution in [-0.4, -0.2) is 75.3 Å². The molecule has 2 fully saturated rings. The number of ether oxygens (including phenoxy) is 1. The smallest absolute Gasteiger partial charge is 0.183 e. The van der Waals surface area contributed by atoms with Gasteiger partial charge in [-0.25, -0.2) is 19.9 Å². The maximum atomic E-state index is 5.44. The van der Waals surface area contributed by atoms with Gasteiger partial charge in [0.15, 0.2) is 11.5 Å². The number of hydrogen-bond acceptors (Lipinski definition) is 8. The molecule has 0 aliphatic carbocycles. The van der Waals surface area contributed by atoms with Crippen LogP contribution in [-0.2, 0) is 11.3 Å². The summed E-state index contributed by atoms with van der Waals surface area (Å²) in [6, 6.07) is 15.2. The zero-order valence-electron chi connectivity index (χ0n) is 19.7. The third-order valence-electron chi connectivity index (χ3n) is 6.82. The summed E-state index contributed by atoms with van der Waals surface area (Å²) in [5, 5.41) is 3.64. The fraction of sp³-hybridized carbons (Fsp3) is 0.385. The Hall–Kier alpha value is -3.56. The highest BCUT2D eigenvalue weighted by molar-refractivity contribution is 5.85. The molecule has 5 heterocycles. The van der Waals surface area contributed by atoms with E-state index in [2.05, 4.69) is 71.5 Å². The van der Waals surface area contributed by atoms with E-state index in [1.165, 1.54) is 5.56 Å². The number of aromatic amines is 1. The molecule has 6 rings (SSSR count). The van der Waals surface area contributed by atoms with Crippen LogP contribution >= 0.6 is 0 Å². The van der Waals surface area contributed by atoms with Crippen LogP contribution in [0.15, 0.2) is 55.0 Å². The highest BCUT2D eigenvalue weighted by Crippen LogP contribution is 2.26.